The van der Waals surface area contributed by atoms with E-state index in [9.17, 15) is 13.2 Å². The zero-order chi connectivity index (χ0) is 11.5. The second kappa shape index (κ2) is 4.20. The number of hydrogen-bond acceptors (Lipinski definition) is 2. The van der Waals surface area contributed by atoms with Gasteiger partial charge in [0.25, 0.3) is 0 Å². The molecule has 1 aromatic rings. The van der Waals surface area contributed by atoms with Crippen molar-refractivity contribution in [2.45, 2.75) is 11.7 Å². The van der Waals surface area contributed by atoms with Gasteiger partial charge >= 0.3 is 6.18 Å². The van der Waals surface area contributed by atoms with Crippen LogP contribution in [0.5, 0.6) is 0 Å². The minimum absolute atomic E-state index is 0.00231. The summed E-state index contributed by atoms with van der Waals surface area (Å²) in [6, 6.07) is 7.30. The second-order valence-electron chi connectivity index (χ2n) is 3.18. The molecule has 0 aliphatic heterocycles. The summed E-state index contributed by atoms with van der Waals surface area (Å²) in [4.78, 5) is 0. The van der Waals surface area contributed by atoms with Gasteiger partial charge in [-0.25, -0.2) is 0 Å². The van der Waals surface area contributed by atoms with Crippen molar-refractivity contribution in [1.29, 1.82) is 0 Å². The highest BCUT2D eigenvalue weighted by atomic mass is 19.4. The normalized spacial score (nSPS) is 16.1. The number of likely N-dealkylation sites (N-methyl/N-ethyl adjacent to an activating group) is 1. The van der Waals surface area contributed by atoms with Gasteiger partial charge in [-0.1, -0.05) is 30.3 Å². The molecule has 0 aromatic heterocycles. The van der Waals surface area contributed by atoms with E-state index in [1.165, 1.54) is 31.3 Å². The van der Waals surface area contributed by atoms with Crippen molar-refractivity contribution in [3.8, 4) is 0 Å². The first kappa shape index (κ1) is 12.0. The Labute approximate surface area is 85.7 Å². The molecule has 15 heavy (non-hydrogen) atoms. The van der Waals surface area contributed by atoms with Gasteiger partial charge in [-0.05, 0) is 12.6 Å². The van der Waals surface area contributed by atoms with E-state index in [1.807, 2.05) is 0 Å². The van der Waals surface area contributed by atoms with Crippen molar-refractivity contribution >= 4 is 0 Å². The Balaban J connectivity index is 3.24. The molecule has 1 unspecified atom stereocenters. The highest BCUT2D eigenvalue weighted by Crippen LogP contribution is 2.38. The number of benzene rings is 1. The monoisotopic (exact) mass is 219 g/mol. The summed E-state index contributed by atoms with van der Waals surface area (Å²) < 4.78 is 38.5. The summed E-state index contributed by atoms with van der Waals surface area (Å²) in [5.74, 6) is 0. The third-order valence-corrected chi connectivity index (χ3v) is 2.41. The molecule has 2 nitrogen and oxygen atoms in total. The molecule has 0 saturated heterocycles. The van der Waals surface area contributed by atoms with Crippen LogP contribution >= 0.6 is 0 Å². The van der Waals surface area contributed by atoms with Crippen LogP contribution in [0, 0.1) is 0 Å². The van der Waals surface area contributed by atoms with Gasteiger partial charge in [0.15, 0.2) is 5.54 Å². The molecule has 2 N–H and O–H groups in total. The van der Waals surface area contributed by atoms with E-state index >= 15 is 0 Å². The minimum Gasteiger partial charge on any atom is -0.394 e. The molecule has 0 aliphatic carbocycles. The predicted molar refractivity (Wildman–Crippen MR) is 50.3 cm³/mol. The highest BCUT2D eigenvalue weighted by Gasteiger charge is 2.54. The van der Waals surface area contributed by atoms with Gasteiger partial charge in [-0.3, -0.25) is 0 Å². The third-order valence-electron chi connectivity index (χ3n) is 2.41. The Bertz CT molecular complexity index is 306. The zero-order valence-corrected chi connectivity index (χ0v) is 8.17. The molecule has 0 radical (unpaired) electrons. The van der Waals surface area contributed by atoms with E-state index in [0.29, 0.717) is 0 Å². The van der Waals surface area contributed by atoms with Crippen LogP contribution in [-0.2, 0) is 5.54 Å². The number of hydrogen-bond donors (Lipinski definition) is 2. The van der Waals surface area contributed by atoms with Gasteiger partial charge in [0.2, 0.25) is 0 Å². The lowest BCUT2D eigenvalue weighted by atomic mass is 9.90. The summed E-state index contributed by atoms with van der Waals surface area (Å²) in [5, 5.41) is 11.1. The highest BCUT2D eigenvalue weighted by molar-refractivity contribution is 5.26. The quantitative estimate of drug-likeness (QED) is 0.810. The Morgan fingerprint density at radius 1 is 1.20 bits per heavy atom. The van der Waals surface area contributed by atoms with E-state index in [1.54, 1.807) is 6.07 Å². The lowest BCUT2D eigenvalue weighted by molar-refractivity contribution is -0.209. The van der Waals surface area contributed by atoms with Crippen molar-refractivity contribution in [1.82, 2.24) is 5.32 Å². The standard InChI is InChI=1S/C10H12F3NO/c1-14-9(7-15,10(11,12)13)8-5-3-2-4-6-8/h2-6,14-15H,7H2,1H3. The summed E-state index contributed by atoms with van der Waals surface area (Å²) in [6.07, 6.45) is -4.54. The van der Waals surface area contributed by atoms with E-state index in [4.69, 9.17) is 5.11 Å². The molecule has 0 saturated carbocycles. The van der Waals surface area contributed by atoms with Crippen LogP contribution in [0.2, 0.25) is 0 Å². The smallest absolute Gasteiger partial charge is 0.394 e. The van der Waals surface area contributed by atoms with E-state index < -0.39 is 18.3 Å². The Morgan fingerprint density at radius 3 is 2.07 bits per heavy atom. The summed E-state index contributed by atoms with van der Waals surface area (Å²) in [7, 11) is 1.18. The molecule has 1 rings (SSSR count). The maximum absolute atomic E-state index is 12.8. The minimum atomic E-state index is -4.54. The fraction of sp³-hybridized carbons (Fsp3) is 0.400. The van der Waals surface area contributed by atoms with E-state index in [0.717, 1.165) is 0 Å². The molecule has 0 aliphatic rings. The predicted octanol–water partition coefficient (Wildman–Crippen LogP) is 1.66. The lowest BCUT2D eigenvalue weighted by Crippen LogP contribution is -2.55. The molecular formula is C10H12F3NO. The van der Waals surface area contributed by atoms with Crippen LogP contribution in [0.1, 0.15) is 5.56 Å². The molecule has 0 fully saturated rings. The molecule has 0 bridgehead atoms. The second-order valence-corrected chi connectivity index (χ2v) is 3.18. The van der Waals surface area contributed by atoms with Crippen molar-refractivity contribution < 1.29 is 18.3 Å². The van der Waals surface area contributed by atoms with Gasteiger partial charge < -0.3 is 10.4 Å². The van der Waals surface area contributed by atoms with Crippen LogP contribution in [0.4, 0.5) is 13.2 Å². The first-order valence-corrected chi connectivity index (χ1v) is 4.40. The molecule has 0 spiro atoms. The van der Waals surface area contributed by atoms with Crippen molar-refractivity contribution in [3.05, 3.63) is 35.9 Å². The largest absolute Gasteiger partial charge is 0.413 e. The number of rotatable bonds is 3. The Hall–Kier alpha value is -1.07. The molecular weight excluding hydrogens is 207 g/mol. The van der Waals surface area contributed by atoms with E-state index in [-0.39, 0.29) is 5.56 Å². The number of aliphatic hydroxyl groups excluding tert-OH is 1. The molecule has 0 heterocycles. The van der Waals surface area contributed by atoms with Gasteiger partial charge in [0, 0.05) is 0 Å². The van der Waals surface area contributed by atoms with Crippen molar-refractivity contribution in [3.63, 3.8) is 0 Å². The van der Waals surface area contributed by atoms with Gasteiger partial charge in [0.05, 0.1) is 6.61 Å². The van der Waals surface area contributed by atoms with E-state index in [2.05, 4.69) is 5.32 Å². The molecule has 5 heteroatoms. The number of halogens is 3. The van der Waals surface area contributed by atoms with Crippen LogP contribution in [0.25, 0.3) is 0 Å². The van der Waals surface area contributed by atoms with Crippen molar-refractivity contribution in [2.75, 3.05) is 13.7 Å². The summed E-state index contributed by atoms with van der Waals surface area (Å²) in [6.45, 7) is -1.03. The lowest BCUT2D eigenvalue weighted by Gasteiger charge is -2.34. The first-order valence-electron chi connectivity index (χ1n) is 4.40. The molecule has 0 amide bonds. The SMILES string of the molecule is CNC(CO)(c1ccccc1)C(F)(F)F. The molecule has 1 aromatic carbocycles. The topological polar surface area (TPSA) is 32.3 Å². The summed E-state index contributed by atoms with van der Waals surface area (Å²) in [5.41, 5.74) is -2.38. The maximum Gasteiger partial charge on any atom is 0.413 e. The van der Waals surface area contributed by atoms with Gasteiger partial charge in [-0.15, -0.1) is 0 Å². The Kier molecular flexibility index (Phi) is 3.36. The summed E-state index contributed by atoms with van der Waals surface area (Å²) >= 11 is 0. The van der Waals surface area contributed by atoms with Crippen LogP contribution in [0.15, 0.2) is 30.3 Å². The van der Waals surface area contributed by atoms with Crippen LogP contribution in [0.3, 0.4) is 0 Å². The number of aliphatic hydroxyl groups is 1. The van der Waals surface area contributed by atoms with Crippen LogP contribution < -0.4 is 5.32 Å². The first-order chi connectivity index (χ1) is 6.98. The average Bonchev–Trinajstić information content (AvgIpc) is 2.20. The van der Waals surface area contributed by atoms with Crippen molar-refractivity contribution in [2.24, 2.45) is 0 Å². The van der Waals surface area contributed by atoms with Gasteiger partial charge in [-0.2, -0.15) is 13.2 Å². The fourth-order valence-electron chi connectivity index (χ4n) is 1.43. The fourth-order valence-corrected chi connectivity index (χ4v) is 1.43. The van der Waals surface area contributed by atoms with Crippen LogP contribution in [-0.4, -0.2) is 24.9 Å². The number of nitrogens with one attached hydrogen (secondary N) is 1. The third kappa shape index (κ3) is 1.98. The van der Waals surface area contributed by atoms with Gasteiger partial charge in [0.1, 0.15) is 0 Å². The average molecular weight is 219 g/mol. The maximum atomic E-state index is 12.8. The molecule has 84 valence electrons. The Morgan fingerprint density at radius 2 is 1.73 bits per heavy atom. The molecule has 1 atom stereocenters. The number of alkyl halides is 3. The zero-order valence-electron chi connectivity index (χ0n) is 8.17.